The highest BCUT2D eigenvalue weighted by molar-refractivity contribution is 5.69. The quantitative estimate of drug-likeness (QED) is 0.835. The first-order valence-electron chi connectivity index (χ1n) is 4.87. The Labute approximate surface area is 93.6 Å². The summed E-state index contributed by atoms with van der Waals surface area (Å²) in [4.78, 5) is 8.44. The van der Waals surface area contributed by atoms with Gasteiger partial charge in [-0.2, -0.15) is 0 Å². The summed E-state index contributed by atoms with van der Waals surface area (Å²) >= 11 is 0. The number of ether oxygens (including phenoxy) is 1. The Balaban J connectivity index is 2.60. The lowest BCUT2D eigenvalue weighted by molar-refractivity contribution is 0.409. The van der Waals surface area contributed by atoms with Crippen LogP contribution in [0.3, 0.4) is 0 Å². The summed E-state index contributed by atoms with van der Waals surface area (Å²) < 4.78 is 5.21. The average Bonchev–Trinajstić information content (AvgIpc) is 2.30. The molecule has 0 saturated heterocycles. The molecule has 0 bridgehead atoms. The van der Waals surface area contributed by atoms with Crippen LogP contribution in [-0.4, -0.2) is 22.2 Å². The minimum Gasteiger partial charge on any atom is -0.508 e. The number of hydrogen-bond donors (Lipinski definition) is 1. The maximum atomic E-state index is 9.37. The van der Waals surface area contributed by atoms with E-state index >= 15 is 0 Å². The van der Waals surface area contributed by atoms with Gasteiger partial charge in [-0.1, -0.05) is 0 Å². The van der Waals surface area contributed by atoms with E-state index in [1.165, 1.54) is 0 Å². The van der Waals surface area contributed by atoms with Gasteiger partial charge in [0.05, 0.1) is 18.5 Å². The number of aryl methyl sites for hydroxylation is 1. The summed E-state index contributed by atoms with van der Waals surface area (Å²) in [6, 6.07) is 4.93. The largest absolute Gasteiger partial charge is 0.508 e. The van der Waals surface area contributed by atoms with Crippen LogP contribution in [0.25, 0.3) is 11.3 Å². The fourth-order valence-electron chi connectivity index (χ4n) is 1.55. The molecule has 0 amide bonds. The molecule has 1 heterocycles. The number of nitrogens with zero attached hydrogens (tertiary/aromatic N) is 2. The van der Waals surface area contributed by atoms with E-state index in [2.05, 4.69) is 9.97 Å². The fraction of sp³-hybridized carbons (Fsp3) is 0.167. The van der Waals surface area contributed by atoms with E-state index in [-0.39, 0.29) is 5.75 Å². The van der Waals surface area contributed by atoms with Crippen LogP contribution in [0.4, 0.5) is 0 Å². The van der Waals surface area contributed by atoms with Crippen molar-refractivity contribution < 1.29 is 9.84 Å². The Morgan fingerprint density at radius 3 is 2.62 bits per heavy atom. The minimum absolute atomic E-state index is 0.169. The third-order valence-electron chi connectivity index (χ3n) is 2.32. The van der Waals surface area contributed by atoms with E-state index in [4.69, 9.17) is 4.74 Å². The number of benzene rings is 1. The van der Waals surface area contributed by atoms with Crippen LogP contribution in [0.2, 0.25) is 0 Å². The molecule has 4 heteroatoms. The van der Waals surface area contributed by atoms with Gasteiger partial charge in [-0.05, 0) is 19.1 Å². The maximum Gasteiger partial charge on any atom is 0.132 e. The van der Waals surface area contributed by atoms with E-state index in [0.717, 1.165) is 17.0 Å². The molecule has 0 radical (unpaired) electrons. The molecular formula is C12H12N2O2. The number of aromatic hydroxyl groups is 1. The summed E-state index contributed by atoms with van der Waals surface area (Å²) in [6.07, 6.45) is 3.28. The molecule has 2 aromatic rings. The Kier molecular flexibility index (Phi) is 2.72. The van der Waals surface area contributed by atoms with Gasteiger partial charge in [0, 0.05) is 24.0 Å². The molecule has 2 rings (SSSR count). The molecule has 0 fully saturated rings. The minimum atomic E-state index is 0.169. The second-order valence-corrected chi connectivity index (χ2v) is 3.37. The third-order valence-corrected chi connectivity index (χ3v) is 2.32. The zero-order chi connectivity index (χ0) is 11.5. The van der Waals surface area contributed by atoms with Crippen molar-refractivity contribution in [1.82, 2.24) is 9.97 Å². The van der Waals surface area contributed by atoms with Crippen molar-refractivity contribution in [3.8, 4) is 22.8 Å². The van der Waals surface area contributed by atoms with Gasteiger partial charge in [-0.25, -0.2) is 0 Å². The van der Waals surface area contributed by atoms with Crippen LogP contribution in [0.5, 0.6) is 11.5 Å². The molecule has 1 N–H and O–H groups in total. The third kappa shape index (κ3) is 1.82. The predicted molar refractivity (Wildman–Crippen MR) is 60.4 cm³/mol. The van der Waals surface area contributed by atoms with E-state index < -0.39 is 0 Å². The molecule has 0 spiro atoms. The highest BCUT2D eigenvalue weighted by atomic mass is 16.5. The molecule has 0 atom stereocenters. The van der Waals surface area contributed by atoms with Crippen LogP contribution in [0.1, 0.15) is 5.69 Å². The van der Waals surface area contributed by atoms with E-state index in [1.807, 2.05) is 6.92 Å². The molecule has 0 aliphatic carbocycles. The summed E-state index contributed by atoms with van der Waals surface area (Å²) in [5, 5.41) is 9.37. The molecule has 0 aliphatic heterocycles. The maximum absolute atomic E-state index is 9.37. The first-order chi connectivity index (χ1) is 7.72. The van der Waals surface area contributed by atoms with Crippen molar-refractivity contribution in [3.05, 3.63) is 36.3 Å². The molecular weight excluding hydrogens is 204 g/mol. The van der Waals surface area contributed by atoms with E-state index in [1.54, 1.807) is 37.7 Å². The summed E-state index contributed by atoms with van der Waals surface area (Å²) in [6.45, 7) is 1.88. The van der Waals surface area contributed by atoms with Gasteiger partial charge in [0.15, 0.2) is 0 Å². The van der Waals surface area contributed by atoms with Gasteiger partial charge in [-0.15, -0.1) is 0 Å². The summed E-state index contributed by atoms with van der Waals surface area (Å²) in [5.41, 5.74) is 2.41. The van der Waals surface area contributed by atoms with E-state index in [0.29, 0.717) is 5.75 Å². The molecule has 1 aromatic carbocycles. The lowest BCUT2D eigenvalue weighted by Crippen LogP contribution is -1.94. The predicted octanol–water partition coefficient (Wildman–Crippen LogP) is 2.17. The average molecular weight is 216 g/mol. The SMILES string of the molecule is COc1cc(O)ccc1-c1nccnc1C. The first-order valence-corrected chi connectivity index (χ1v) is 4.87. The second-order valence-electron chi connectivity index (χ2n) is 3.37. The molecule has 0 saturated carbocycles. The highest BCUT2D eigenvalue weighted by Gasteiger charge is 2.10. The van der Waals surface area contributed by atoms with Gasteiger partial charge in [0.2, 0.25) is 0 Å². The standard InChI is InChI=1S/C12H12N2O2/c1-8-12(14-6-5-13-8)10-4-3-9(15)7-11(10)16-2/h3-7,15H,1-2H3. The Morgan fingerprint density at radius 2 is 1.94 bits per heavy atom. The Morgan fingerprint density at radius 1 is 1.19 bits per heavy atom. The van der Waals surface area contributed by atoms with Crippen LogP contribution >= 0.6 is 0 Å². The van der Waals surface area contributed by atoms with Crippen molar-refractivity contribution in [2.45, 2.75) is 6.92 Å². The lowest BCUT2D eigenvalue weighted by Gasteiger charge is -2.09. The van der Waals surface area contributed by atoms with Crippen molar-refractivity contribution in [2.75, 3.05) is 7.11 Å². The van der Waals surface area contributed by atoms with Crippen molar-refractivity contribution in [3.63, 3.8) is 0 Å². The summed E-state index contributed by atoms with van der Waals surface area (Å²) in [5.74, 6) is 0.755. The van der Waals surface area contributed by atoms with Crippen LogP contribution in [0, 0.1) is 6.92 Å². The smallest absolute Gasteiger partial charge is 0.132 e. The summed E-state index contributed by atoms with van der Waals surface area (Å²) in [7, 11) is 1.56. The molecule has 0 unspecified atom stereocenters. The monoisotopic (exact) mass is 216 g/mol. The van der Waals surface area contributed by atoms with E-state index in [9.17, 15) is 5.11 Å². The van der Waals surface area contributed by atoms with Gasteiger partial charge in [-0.3, -0.25) is 9.97 Å². The van der Waals surface area contributed by atoms with Gasteiger partial charge in [0.25, 0.3) is 0 Å². The van der Waals surface area contributed by atoms with Crippen molar-refractivity contribution >= 4 is 0 Å². The van der Waals surface area contributed by atoms with Gasteiger partial charge < -0.3 is 9.84 Å². The normalized spacial score (nSPS) is 10.1. The lowest BCUT2D eigenvalue weighted by atomic mass is 10.1. The van der Waals surface area contributed by atoms with Crippen LogP contribution in [0.15, 0.2) is 30.6 Å². The number of phenols is 1. The number of phenolic OH excluding ortho intramolecular Hbond substituents is 1. The molecule has 0 aliphatic rings. The van der Waals surface area contributed by atoms with Crippen molar-refractivity contribution in [2.24, 2.45) is 0 Å². The molecule has 1 aromatic heterocycles. The number of methoxy groups -OCH3 is 1. The second kappa shape index (κ2) is 4.18. The van der Waals surface area contributed by atoms with Crippen LogP contribution < -0.4 is 4.74 Å². The van der Waals surface area contributed by atoms with Crippen LogP contribution in [-0.2, 0) is 0 Å². The van der Waals surface area contributed by atoms with Gasteiger partial charge in [0.1, 0.15) is 11.5 Å². The number of hydrogen-bond acceptors (Lipinski definition) is 4. The first kappa shape index (κ1) is 10.4. The zero-order valence-electron chi connectivity index (χ0n) is 9.14. The topological polar surface area (TPSA) is 55.2 Å². The zero-order valence-corrected chi connectivity index (χ0v) is 9.14. The Bertz CT molecular complexity index is 512. The molecule has 16 heavy (non-hydrogen) atoms. The number of aromatic nitrogens is 2. The fourth-order valence-corrected chi connectivity index (χ4v) is 1.55. The molecule has 4 nitrogen and oxygen atoms in total. The number of rotatable bonds is 2. The molecule has 82 valence electrons. The van der Waals surface area contributed by atoms with Gasteiger partial charge >= 0.3 is 0 Å². The Hall–Kier alpha value is -2.10. The highest BCUT2D eigenvalue weighted by Crippen LogP contribution is 2.32. The van der Waals surface area contributed by atoms with Crippen molar-refractivity contribution in [1.29, 1.82) is 0 Å².